The van der Waals surface area contributed by atoms with Crippen LogP contribution < -0.4 is 16.0 Å². The molecule has 0 aromatic carbocycles. The molecule has 1 unspecified atom stereocenters. The Morgan fingerprint density at radius 3 is 2.71 bits per heavy atom. The maximum Gasteiger partial charge on any atom is 0.407 e. The SMILES string of the molecule is CCNC(=NCc1cccs1)NCC(CC(C)C)NC(=O)OCC. The Morgan fingerprint density at radius 2 is 2.12 bits per heavy atom. The average molecular weight is 355 g/mol. The van der Waals surface area contributed by atoms with E-state index in [0.29, 0.717) is 25.6 Å². The predicted octanol–water partition coefficient (Wildman–Crippen LogP) is 2.96. The van der Waals surface area contributed by atoms with Crippen LogP contribution in [0.2, 0.25) is 0 Å². The summed E-state index contributed by atoms with van der Waals surface area (Å²) in [4.78, 5) is 17.5. The Hall–Kier alpha value is -1.76. The molecule has 0 radical (unpaired) electrons. The third-order valence-electron chi connectivity index (χ3n) is 3.19. The molecule has 1 aromatic heterocycles. The summed E-state index contributed by atoms with van der Waals surface area (Å²) in [5, 5.41) is 11.5. The number of carbonyl (C=O) groups is 1. The molecule has 0 bridgehead atoms. The number of hydrogen-bond acceptors (Lipinski definition) is 4. The molecule has 0 aliphatic heterocycles. The van der Waals surface area contributed by atoms with Crippen molar-refractivity contribution in [2.75, 3.05) is 19.7 Å². The first-order valence-electron chi connectivity index (χ1n) is 8.52. The van der Waals surface area contributed by atoms with Crippen LogP contribution in [0.1, 0.15) is 39.0 Å². The lowest BCUT2D eigenvalue weighted by Crippen LogP contribution is -2.47. The van der Waals surface area contributed by atoms with E-state index in [0.717, 1.165) is 18.9 Å². The van der Waals surface area contributed by atoms with Gasteiger partial charge in [0.2, 0.25) is 0 Å². The van der Waals surface area contributed by atoms with Crippen molar-refractivity contribution in [3.05, 3.63) is 22.4 Å². The summed E-state index contributed by atoms with van der Waals surface area (Å²) < 4.78 is 4.98. The van der Waals surface area contributed by atoms with Gasteiger partial charge in [0.1, 0.15) is 0 Å². The molecule has 1 heterocycles. The number of thiophene rings is 1. The molecule has 0 spiro atoms. The Kier molecular flexibility index (Phi) is 9.91. The van der Waals surface area contributed by atoms with E-state index < -0.39 is 0 Å². The highest BCUT2D eigenvalue weighted by atomic mass is 32.1. The highest BCUT2D eigenvalue weighted by Gasteiger charge is 2.15. The first-order valence-corrected chi connectivity index (χ1v) is 9.40. The fraction of sp³-hybridized carbons (Fsp3) is 0.647. The van der Waals surface area contributed by atoms with Crippen molar-refractivity contribution in [2.24, 2.45) is 10.9 Å². The van der Waals surface area contributed by atoms with Crippen molar-refractivity contribution in [2.45, 2.75) is 46.7 Å². The minimum absolute atomic E-state index is 0.00496. The number of hydrogen-bond donors (Lipinski definition) is 3. The monoisotopic (exact) mass is 354 g/mol. The maximum atomic E-state index is 11.7. The second kappa shape index (κ2) is 11.7. The summed E-state index contributed by atoms with van der Waals surface area (Å²) >= 11 is 1.69. The van der Waals surface area contributed by atoms with Crippen molar-refractivity contribution in [1.82, 2.24) is 16.0 Å². The number of nitrogens with one attached hydrogen (secondary N) is 3. The molecule has 1 amide bonds. The van der Waals surface area contributed by atoms with E-state index in [4.69, 9.17) is 4.74 Å². The maximum absolute atomic E-state index is 11.7. The number of carbonyl (C=O) groups excluding carboxylic acids is 1. The molecule has 0 saturated carbocycles. The van der Waals surface area contributed by atoms with Gasteiger partial charge >= 0.3 is 6.09 Å². The molecule has 24 heavy (non-hydrogen) atoms. The second-order valence-electron chi connectivity index (χ2n) is 5.85. The number of guanidine groups is 1. The number of nitrogens with zero attached hydrogens (tertiary/aromatic N) is 1. The second-order valence-corrected chi connectivity index (χ2v) is 6.88. The van der Waals surface area contributed by atoms with E-state index >= 15 is 0 Å². The van der Waals surface area contributed by atoms with E-state index in [1.54, 1.807) is 18.3 Å². The molecular formula is C17H30N4O2S. The van der Waals surface area contributed by atoms with E-state index in [2.05, 4.69) is 40.9 Å². The van der Waals surface area contributed by atoms with Gasteiger partial charge in [-0.2, -0.15) is 0 Å². The molecule has 3 N–H and O–H groups in total. The molecule has 6 nitrogen and oxygen atoms in total. The van der Waals surface area contributed by atoms with Gasteiger partial charge in [0.25, 0.3) is 0 Å². The summed E-state index contributed by atoms with van der Waals surface area (Å²) in [6, 6.07) is 4.09. The van der Waals surface area contributed by atoms with Gasteiger partial charge in [0, 0.05) is 24.0 Å². The molecule has 7 heteroatoms. The van der Waals surface area contributed by atoms with Crippen LogP contribution in [0.15, 0.2) is 22.5 Å². The molecule has 0 aliphatic rings. The zero-order chi connectivity index (χ0) is 17.8. The Morgan fingerprint density at radius 1 is 1.33 bits per heavy atom. The highest BCUT2D eigenvalue weighted by molar-refractivity contribution is 7.09. The molecular weight excluding hydrogens is 324 g/mol. The highest BCUT2D eigenvalue weighted by Crippen LogP contribution is 2.09. The lowest BCUT2D eigenvalue weighted by Gasteiger charge is -2.22. The summed E-state index contributed by atoms with van der Waals surface area (Å²) in [7, 11) is 0. The van der Waals surface area contributed by atoms with Crippen molar-refractivity contribution < 1.29 is 9.53 Å². The van der Waals surface area contributed by atoms with Crippen molar-refractivity contribution in [1.29, 1.82) is 0 Å². The van der Waals surface area contributed by atoms with Crippen LogP contribution in [0.5, 0.6) is 0 Å². The van der Waals surface area contributed by atoms with Crippen LogP contribution in [-0.2, 0) is 11.3 Å². The number of rotatable bonds is 9. The van der Waals surface area contributed by atoms with Crippen LogP contribution in [-0.4, -0.2) is 37.8 Å². The van der Waals surface area contributed by atoms with Gasteiger partial charge in [0.15, 0.2) is 5.96 Å². The molecule has 1 atom stereocenters. The summed E-state index contributed by atoms with van der Waals surface area (Å²) in [6.45, 7) is 10.5. The largest absolute Gasteiger partial charge is 0.450 e. The van der Waals surface area contributed by atoms with Crippen LogP contribution in [0.25, 0.3) is 0 Å². The van der Waals surface area contributed by atoms with Gasteiger partial charge < -0.3 is 20.7 Å². The zero-order valence-corrected chi connectivity index (χ0v) is 15.9. The van der Waals surface area contributed by atoms with E-state index in [1.807, 2.05) is 18.4 Å². The summed E-state index contributed by atoms with van der Waals surface area (Å²) in [6.07, 6.45) is 0.501. The third kappa shape index (κ3) is 8.76. The standard InChI is InChI=1S/C17H30N4O2S/c1-5-18-16(20-12-15-8-7-9-24-15)19-11-14(10-13(3)4)21-17(22)23-6-2/h7-9,13-14H,5-6,10-12H2,1-4H3,(H,21,22)(H2,18,19,20). The first-order chi connectivity index (χ1) is 11.5. The van der Waals surface area contributed by atoms with E-state index in [1.165, 1.54) is 4.88 Å². The summed E-state index contributed by atoms with van der Waals surface area (Å²) in [5.74, 6) is 1.23. The number of alkyl carbamates (subject to hydrolysis) is 1. The lowest BCUT2D eigenvalue weighted by molar-refractivity contribution is 0.146. The van der Waals surface area contributed by atoms with Crippen molar-refractivity contribution in [3.63, 3.8) is 0 Å². The van der Waals surface area contributed by atoms with Gasteiger partial charge in [-0.3, -0.25) is 0 Å². The van der Waals surface area contributed by atoms with Crippen LogP contribution in [0, 0.1) is 5.92 Å². The van der Waals surface area contributed by atoms with Gasteiger partial charge in [-0.25, -0.2) is 9.79 Å². The van der Waals surface area contributed by atoms with E-state index in [-0.39, 0.29) is 12.1 Å². The summed E-state index contributed by atoms with van der Waals surface area (Å²) in [5.41, 5.74) is 0. The molecule has 1 rings (SSSR count). The Balaban J connectivity index is 2.58. The molecule has 0 aliphatic carbocycles. The van der Waals surface area contributed by atoms with Gasteiger partial charge in [-0.15, -0.1) is 11.3 Å². The van der Waals surface area contributed by atoms with Gasteiger partial charge in [-0.1, -0.05) is 19.9 Å². The Bertz CT molecular complexity index is 489. The van der Waals surface area contributed by atoms with E-state index in [9.17, 15) is 4.79 Å². The molecule has 1 aromatic rings. The topological polar surface area (TPSA) is 74.8 Å². The zero-order valence-electron chi connectivity index (χ0n) is 15.1. The van der Waals surface area contributed by atoms with Crippen LogP contribution >= 0.6 is 11.3 Å². The number of aliphatic imine (C=N–C) groups is 1. The van der Waals surface area contributed by atoms with Gasteiger partial charge in [-0.05, 0) is 37.6 Å². The normalized spacial score (nSPS) is 12.8. The lowest BCUT2D eigenvalue weighted by atomic mass is 10.0. The number of ether oxygens (including phenoxy) is 1. The smallest absolute Gasteiger partial charge is 0.407 e. The average Bonchev–Trinajstić information content (AvgIpc) is 3.03. The van der Waals surface area contributed by atoms with Crippen molar-refractivity contribution >= 4 is 23.4 Å². The molecule has 136 valence electrons. The minimum atomic E-state index is -0.370. The molecule has 0 saturated heterocycles. The molecule has 0 fully saturated rings. The van der Waals surface area contributed by atoms with Crippen LogP contribution in [0.4, 0.5) is 4.79 Å². The minimum Gasteiger partial charge on any atom is -0.450 e. The van der Waals surface area contributed by atoms with Gasteiger partial charge in [0.05, 0.1) is 13.2 Å². The predicted molar refractivity (Wildman–Crippen MR) is 101 cm³/mol. The fourth-order valence-electron chi connectivity index (χ4n) is 2.22. The van der Waals surface area contributed by atoms with Crippen LogP contribution in [0.3, 0.4) is 0 Å². The fourth-order valence-corrected chi connectivity index (χ4v) is 2.85. The number of amides is 1. The quantitative estimate of drug-likeness (QED) is 0.471. The first kappa shape index (κ1) is 20.3. The van der Waals surface area contributed by atoms with Crippen molar-refractivity contribution in [3.8, 4) is 0 Å². The Labute approximate surface area is 149 Å². The third-order valence-corrected chi connectivity index (χ3v) is 4.05.